The van der Waals surface area contributed by atoms with Crippen molar-refractivity contribution in [2.45, 2.75) is 78.2 Å². The van der Waals surface area contributed by atoms with Crippen molar-refractivity contribution < 1.29 is 52.4 Å². The lowest BCUT2D eigenvalue weighted by molar-refractivity contribution is -0.288. The van der Waals surface area contributed by atoms with E-state index in [0.717, 1.165) is 38.3 Å². The van der Waals surface area contributed by atoms with Gasteiger partial charge in [-0.05, 0) is 48.2 Å². The predicted octanol–water partition coefficient (Wildman–Crippen LogP) is 2.68. The second kappa shape index (κ2) is 15.7. The van der Waals surface area contributed by atoms with E-state index >= 15 is 0 Å². The first kappa shape index (κ1) is 33.1. The van der Waals surface area contributed by atoms with Crippen LogP contribution in [0.15, 0.2) is 48.5 Å². The van der Waals surface area contributed by atoms with Gasteiger partial charge in [0.15, 0.2) is 12.2 Å². The summed E-state index contributed by atoms with van der Waals surface area (Å²) < 4.78 is 33.2. The highest BCUT2D eigenvalue weighted by Crippen LogP contribution is 2.31. The van der Waals surface area contributed by atoms with Gasteiger partial charge in [-0.25, -0.2) is 0 Å². The van der Waals surface area contributed by atoms with Crippen LogP contribution in [0.2, 0.25) is 0 Å². The van der Waals surface area contributed by atoms with Gasteiger partial charge in [0.05, 0.1) is 0 Å². The molecule has 12 nitrogen and oxygen atoms in total. The van der Waals surface area contributed by atoms with Crippen LogP contribution in [0.5, 0.6) is 5.75 Å². The quantitative estimate of drug-likeness (QED) is 0.283. The number of amides is 1. The summed E-state index contributed by atoms with van der Waals surface area (Å²) in [6.07, 6.45) is -4.92. The van der Waals surface area contributed by atoms with Crippen molar-refractivity contribution >= 4 is 29.8 Å². The number of rotatable bonds is 12. The third kappa shape index (κ3) is 10.1. The van der Waals surface area contributed by atoms with Gasteiger partial charge >= 0.3 is 23.9 Å². The highest BCUT2D eigenvalue weighted by atomic mass is 16.7. The van der Waals surface area contributed by atoms with Crippen LogP contribution in [0.25, 0.3) is 0 Å². The van der Waals surface area contributed by atoms with Crippen molar-refractivity contribution in [2.24, 2.45) is 0 Å². The summed E-state index contributed by atoms with van der Waals surface area (Å²) in [5.41, 5.74) is 2.66. The zero-order valence-electron chi connectivity index (χ0n) is 24.8. The van der Waals surface area contributed by atoms with Crippen molar-refractivity contribution in [1.82, 2.24) is 5.32 Å². The predicted molar refractivity (Wildman–Crippen MR) is 151 cm³/mol. The molecule has 1 N–H and O–H groups in total. The fourth-order valence-electron chi connectivity index (χ4n) is 4.47. The lowest BCUT2D eigenvalue weighted by Crippen LogP contribution is -2.63. The highest BCUT2D eigenvalue weighted by molar-refractivity contribution is 5.94. The Balaban J connectivity index is 1.72. The fourth-order valence-corrected chi connectivity index (χ4v) is 4.47. The topological polar surface area (TPSA) is 153 Å². The van der Waals surface area contributed by atoms with Crippen LogP contribution in [0.4, 0.5) is 0 Å². The average Bonchev–Trinajstić information content (AvgIpc) is 2.95. The molecule has 232 valence electrons. The van der Waals surface area contributed by atoms with Crippen LogP contribution >= 0.6 is 0 Å². The van der Waals surface area contributed by atoms with Gasteiger partial charge in [0, 0.05) is 39.8 Å². The third-order valence-corrected chi connectivity index (χ3v) is 6.45. The minimum atomic E-state index is -1.33. The summed E-state index contributed by atoms with van der Waals surface area (Å²) in [4.78, 5) is 59.8. The standard InChI is InChI=1S/C31H37NO11/c1-6-22-7-11-24(12-8-22)30(37)32-16-15-23-9-13-25(14-10-23)42-31-29(41-21(5)36)28(40-20(4)35)27(39-19(3)34)26(43-31)17-38-18(2)33/h7-14,26-29,31H,6,15-17H2,1-5H3,(H,32,37). The van der Waals surface area contributed by atoms with Gasteiger partial charge < -0.3 is 33.7 Å². The lowest BCUT2D eigenvalue weighted by Gasteiger charge is -2.43. The first-order valence-corrected chi connectivity index (χ1v) is 13.9. The van der Waals surface area contributed by atoms with Crippen molar-refractivity contribution in [3.8, 4) is 5.75 Å². The number of benzene rings is 2. The molecule has 3 rings (SSSR count). The maximum Gasteiger partial charge on any atom is 0.303 e. The van der Waals surface area contributed by atoms with Gasteiger partial charge in [-0.15, -0.1) is 0 Å². The van der Waals surface area contributed by atoms with Crippen LogP contribution in [-0.4, -0.2) is 73.6 Å². The smallest absolute Gasteiger partial charge is 0.303 e. The molecule has 1 amide bonds. The fraction of sp³-hybridized carbons (Fsp3) is 0.452. The van der Waals surface area contributed by atoms with Crippen LogP contribution < -0.4 is 10.1 Å². The van der Waals surface area contributed by atoms with Crippen molar-refractivity contribution in [1.29, 1.82) is 0 Å². The van der Waals surface area contributed by atoms with E-state index in [1.165, 1.54) is 6.92 Å². The number of hydrogen-bond donors (Lipinski definition) is 1. The van der Waals surface area contributed by atoms with Gasteiger partial charge in [-0.1, -0.05) is 31.2 Å². The molecular weight excluding hydrogens is 562 g/mol. The second-order valence-electron chi connectivity index (χ2n) is 9.89. The number of hydrogen-bond acceptors (Lipinski definition) is 11. The molecule has 0 aromatic heterocycles. The Morgan fingerprint density at radius 3 is 1.84 bits per heavy atom. The van der Waals surface area contributed by atoms with Gasteiger partial charge in [0.2, 0.25) is 12.4 Å². The van der Waals surface area contributed by atoms with E-state index in [4.69, 9.17) is 28.4 Å². The molecule has 12 heteroatoms. The number of aryl methyl sites for hydroxylation is 1. The summed E-state index contributed by atoms with van der Waals surface area (Å²) in [6, 6.07) is 14.4. The summed E-state index contributed by atoms with van der Waals surface area (Å²) >= 11 is 0. The largest absolute Gasteiger partial charge is 0.463 e. The van der Waals surface area contributed by atoms with Crippen LogP contribution in [0, 0.1) is 0 Å². The molecule has 1 heterocycles. The minimum absolute atomic E-state index is 0.161. The Kier molecular flexibility index (Phi) is 12.1. The molecular formula is C31H37NO11. The zero-order valence-corrected chi connectivity index (χ0v) is 24.8. The molecule has 0 radical (unpaired) electrons. The van der Waals surface area contributed by atoms with Crippen molar-refractivity contribution in [3.05, 3.63) is 65.2 Å². The summed E-state index contributed by atoms with van der Waals surface area (Å²) in [6.45, 7) is 6.74. The van der Waals surface area contributed by atoms with E-state index in [1.807, 2.05) is 12.1 Å². The van der Waals surface area contributed by atoms with E-state index in [2.05, 4.69) is 12.2 Å². The van der Waals surface area contributed by atoms with Crippen LogP contribution in [0.3, 0.4) is 0 Å². The Bertz CT molecular complexity index is 1280. The molecule has 2 aromatic rings. The molecule has 0 aliphatic carbocycles. The van der Waals surface area contributed by atoms with E-state index in [1.54, 1.807) is 36.4 Å². The molecule has 1 saturated heterocycles. The molecule has 0 spiro atoms. The van der Waals surface area contributed by atoms with Crippen LogP contribution in [0.1, 0.15) is 56.1 Å². The van der Waals surface area contributed by atoms with Crippen LogP contribution in [-0.2, 0) is 55.7 Å². The summed E-state index contributed by atoms with van der Waals surface area (Å²) in [7, 11) is 0. The molecule has 5 unspecified atom stereocenters. The maximum absolute atomic E-state index is 12.4. The normalized spacial score (nSPS) is 21.2. The minimum Gasteiger partial charge on any atom is -0.463 e. The van der Waals surface area contributed by atoms with E-state index in [0.29, 0.717) is 24.3 Å². The first-order valence-electron chi connectivity index (χ1n) is 13.9. The van der Waals surface area contributed by atoms with Gasteiger partial charge in [0.1, 0.15) is 18.5 Å². The van der Waals surface area contributed by atoms with Gasteiger partial charge in [-0.2, -0.15) is 0 Å². The number of nitrogens with one attached hydrogen (secondary N) is 1. The monoisotopic (exact) mass is 599 g/mol. The molecule has 5 atom stereocenters. The SMILES string of the molecule is CCc1ccc(C(=O)NCCc2ccc(OC3OC(COC(C)=O)C(OC(C)=O)C(OC(C)=O)C3OC(C)=O)cc2)cc1. The molecule has 1 aliphatic rings. The first-order chi connectivity index (χ1) is 20.5. The average molecular weight is 600 g/mol. The van der Waals surface area contributed by atoms with Crippen molar-refractivity contribution in [2.75, 3.05) is 13.2 Å². The van der Waals surface area contributed by atoms with E-state index in [-0.39, 0.29) is 12.5 Å². The number of ether oxygens (including phenoxy) is 6. The zero-order chi connectivity index (χ0) is 31.5. The molecule has 2 aromatic carbocycles. The Hall–Kier alpha value is -4.45. The third-order valence-electron chi connectivity index (χ3n) is 6.45. The Morgan fingerprint density at radius 2 is 1.28 bits per heavy atom. The van der Waals surface area contributed by atoms with Crippen molar-refractivity contribution in [3.63, 3.8) is 0 Å². The molecule has 0 saturated carbocycles. The van der Waals surface area contributed by atoms with Gasteiger partial charge in [-0.3, -0.25) is 24.0 Å². The highest BCUT2D eigenvalue weighted by Gasteiger charge is 2.53. The second-order valence-corrected chi connectivity index (χ2v) is 9.89. The van der Waals surface area contributed by atoms with Gasteiger partial charge in [0.25, 0.3) is 5.91 Å². The van der Waals surface area contributed by atoms with E-state index < -0.39 is 54.6 Å². The molecule has 1 aliphatic heterocycles. The molecule has 1 fully saturated rings. The molecule has 43 heavy (non-hydrogen) atoms. The lowest BCUT2D eigenvalue weighted by atomic mass is 9.98. The molecule has 0 bridgehead atoms. The summed E-state index contributed by atoms with van der Waals surface area (Å²) in [5.74, 6) is -2.63. The number of carbonyl (C=O) groups is 5. The Labute approximate surface area is 249 Å². The maximum atomic E-state index is 12.4. The summed E-state index contributed by atoms with van der Waals surface area (Å²) in [5, 5.41) is 2.90. The Morgan fingerprint density at radius 1 is 0.721 bits per heavy atom. The number of carbonyl (C=O) groups excluding carboxylic acids is 5. The van der Waals surface area contributed by atoms with E-state index in [9.17, 15) is 24.0 Å². The number of esters is 4.